The van der Waals surface area contributed by atoms with Gasteiger partial charge >= 0.3 is 0 Å². The zero-order chi connectivity index (χ0) is 11.4. The van der Waals surface area contributed by atoms with Crippen molar-refractivity contribution in [1.29, 1.82) is 0 Å². The van der Waals surface area contributed by atoms with E-state index in [9.17, 15) is 0 Å². The van der Waals surface area contributed by atoms with Gasteiger partial charge in [-0.25, -0.2) is 4.98 Å². The van der Waals surface area contributed by atoms with Crippen LogP contribution in [0.25, 0.3) is 10.2 Å². The fraction of sp³-hybridized carbons (Fsp3) is 0.308. The molecule has 1 heterocycles. The number of rotatable bonds is 5. The molecule has 0 N–H and O–H groups in total. The van der Waals surface area contributed by atoms with Gasteiger partial charge in [-0.15, -0.1) is 17.9 Å². The van der Waals surface area contributed by atoms with E-state index in [0.29, 0.717) is 0 Å². The number of thiazole rings is 1. The molecule has 0 aliphatic carbocycles. The quantitative estimate of drug-likeness (QED) is 0.431. The van der Waals surface area contributed by atoms with Gasteiger partial charge in [-0.2, -0.15) is 0 Å². The van der Waals surface area contributed by atoms with Crippen LogP contribution in [-0.2, 0) is 0 Å². The number of nitrogens with zero attached hydrogens (tertiary/aromatic N) is 1. The second kappa shape index (κ2) is 5.51. The lowest BCUT2D eigenvalue weighted by atomic mass is 10.2. The first kappa shape index (κ1) is 11.7. The van der Waals surface area contributed by atoms with Gasteiger partial charge in [0.2, 0.25) is 0 Å². The number of para-hydroxylation sites is 1. The molecule has 0 atom stereocenters. The van der Waals surface area contributed by atoms with Gasteiger partial charge in [-0.3, -0.25) is 0 Å². The number of allylic oxidation sites excluding steroid dienone is 1. The maximum Gasteiger partial charge on any atom is 0.151 e. The Bertz CT molecular complexity index is 454. The fourth-order valence-corrected chi connectivity index (χ4v) is 3.52. The molecule has 2 aromatic rings. The molecule has 0 radical (unpaired) electrons. The molecule has 1 aromatic carbocycles. The molecule has 0 aliphatic rings. The molecular weight excluding hydrogens is 234 g/mol. The van der Waals surface area contributed by atoms with Crippen LogP contribution in [0.15, 0.2) is 40.8 Å². The number of thioether (sulfide) groups is 1. The molecule has 3 heteroatoms. The van der Waals surface area contributed by atoms with Crippen LogP contribution < -0.4 is 0 Å². The smallest absolute Gasteiger partial charge is 0.151 e. The van der Waals surface area contributed by atoms with Crippen molar-refractivity contribution >= 4 is 33.3 Å². The molecule has 1 nitrogen and oxygen atoms in total. The minimum absolute atomic E-state index is 1.12. The second-order valence-electron chi connectivity index (χ2n) is 3.86. The average Bonchev–Trinajstić information content (AvgIpc) is 2.66. The van der Waals surface area contributed by atoms with E-state index >= 15 is 0 Å². The van der Waals surface area contributed by atoms with Gasteiger partial charge in [0, 0.05) is 5.75 Å². The molecule has 0 spiro atoms. The van der Waals surface area contributed by atoms with E-state index in [1.165, 1.54) is 21.0 Å². The van der Waals surface area contributed by atoms with E-state index in [-0.39, 0.29) is 0 Å². The molecule has 0 bridgehead atoms. The SMILES string of the molecule is C=C(C)CCCSc1nc2ccccc2s1. The Balaban J connectivity index is 1.92. The maximum absolute atomic E-state index is 4.59. The van der Waals surface area contributed by atoms with E-state index in [2.05, 4.69) is 36.7 Å². The molecule has 0 aliphatic heterocycles. The molecule has 2 rings (SSSR count). The summed E-state index contributed by atoms with van der Waals surface area (Å²) in [5.41, 5.74) is 2.39. The van der Waals surface area contributed by atoms with Crippen molar-refractivity contribution in [2.24, 2.45) is 0 Å². The zero-order valence-electron chi connectivity index (χ0n) is 9.40. The number of benzene rings is 1. The van der Waals surface area contributed by atoms with Crippen LogP contribution in [0.2, 0.25) is 0 Å². The Morgan fingerprint density at radius 3 is 3.00 bits per heavy atom. The lowest BCUT2D eigenvalue weighted by molar-refractivity contribution is 0.920. The topological polar surface area (TPSA) is 12.9 Å². The first-order valence-corrected chi connectivity index (χ1v) is 7.18. The van der Waals surface area contributed by atoms with E-state index in [1.807, 2.05) is 17.8 Å². The van der Waals surface area contributed by atoms with Crippen LogP contribution in [0.3, 0.4) is 0 Å². The molecule has 0 saturated carbocycles. The molecular formula is C13H15NS2. The average molecular weight is 249 g/mol. The van der Waals surface area contributed by atoms with Crippen molar-refractivity contribution < 1.29 is 0 Å². The summed E-state index contributed by atoms with van der Waals surface area (Å²) in [6, 6.07) is 8.31. The van der Waals surface area contributed by atoms with Crippen LogP contribution in [0.4, 0.5) is 0 Å². The van der Waals surface area contributed by atoms with Crippen molar-refractivity contribution in [2.75, 3.05) is 5.75 Å². The highest BCUT2D eigenvalue weighted by molar-refractivity contribution is 8.01. The van der Waals surface area contributed by atoms with E-state index in [4.69, 9.17) is 0 Å². The molecule has 84 valence electrons. The Morgan fingerprint density at radius 1 is 1.44 bits per heavy atom. The van der Waals surface area contributed by atoms with Gasteiger partial charge in [-0.05, 0) is 31.9 Å². The molecule has 0 unspecified atom stereocenters. The molecule has 0 fully saturated rings. The van der Waals surface area contributed by atoms with Gasteiger partial charge in [-0.1, -0.05) is 29.5 Å². The molecule has 1 aromatic heterocycles. The summed E-state index contributed by atoms with van der Waals surface area (Å²) < 4.78 is 2.47. The number of hydrogen-bond donors (Lipinski definition) is 0. The molecule has 0 saturated heterocycles. The normalized spacial score (nSPS) is 10.8. The Labute approximate surface area is 105 Å². The molecule has 16 heavy (non-hydrogen) atoms. The fourth-order valence-electron chi connectivity index (χ4n) is 1.45. The summed E-state index contributed by atoms with van der Waals surface area (Å²) in [6.07, 6.45) is 2.31. The largest absolute Gasteiger partial charge is 0.230 e. The zero-order valence-corrected chi connectivity index (χ0v) is 11.0. The van der Waals surface area contributed by atoms with Crippen LogP contribution >= 0.6 is 23.1 Å². The highest BCUT2D eigenvalue weighted by Crippen LogP contribution is 2.29. The Hall–Kier alpha value is -0.800. The van der Waals surface area contributed by atoms with E-state index < -0.39 is 0 Å². The lowest BCUT2D eigenvalue weighted by Gasteiger charge is -1.97. The summed E-state index contributed by atoms with van der Waals surface area (Å²) in [4.78, 5) is 4.59. The number of hydrogen-bond acceptors (Lipinski definition) is 3. The first-order valence-electron chi connectivity index (χ1n) is 5.38. The van der Waals surface area contributed by atoms with E-state index in [0.717, 1.165) is 17.7 Å². The lowest BCUT2D eigenvalue weighted by Crippen LogP contribution is -1.80. The van der Waals surface area contributed by atoms with Crippen molar-refractivity contribution in [1.82, 2.24) is 4.98 Å². The summed E-state index contributed by atoms with van der Waals surface area (Å²) in [5, 5.41) is 0. The van der Waals surface area contributed by atoms with Crippen molar-refractivity contribution in [3.63, 3.8) is 0 Å². The van der Waals surface area contributed by atoms with Gasteiger partial charge < -0.3 is 0 Å². The second-order valence-corrected chi connectivity index (χ2v) is 6.23. The maximum atomic E-state index is 4.59. The monoisotopic (exact) mass is 249 g/mol. The number of fused-ring (bicyclic) bond motifs is 1. The summed E-state index contributed by atoms with van der Waals surface area (Å²) >= 11 is 3.64. The Kier molecular flexibility index (Phi) is 4.02. The minimum Gasteiger partial charge on any atom is -0.230 e. The van der Waals surface area contributed by atoms with Gasteiger partial charge in [0.05, 0.1) is 10.2 Å². The molecule has 0 amide bonds. The van der Waals surface area contributed by atoms with Crippen molar-refractivity contribution in [2.45, 2.75) is 24.1 Å². The van der Waals surface area contributed by atoms with Crippen molar-refractivity contribution in [3.8, 4) is 0 Å². The van der Waals surface area contributed by atoms with Gasteiger partial charge in [0.15, 0.2) is 4.34 Å². The van der Waals surface area contributed by atoms with Gasteiger partial charge in [0.1, 0.15) is 0 Å². The van der Waals surface area contributed by atoms with Crippen molar-refractivity contribution in [3.05, 3.63) is 36.4 Å². The summed E-state index contributed by atoms with van der Waals surface area (Å²) in [6.45, 7) is 6.00. The summed E-state index contributed by atoms with van der Waals surface area (Å²) in [7, 11) is 0. The third-order valence-corrected chi connectivity index (χ3v) is 4.51. The predicted octanol–water partition coefficient (Wildman–Crippen LogP) is 4.74. The van der Waals surface area contributed by atoms with Crippen LogP contribution in [0.1, 0.15) is 19.8 Å². The van der Waals surface area contributed by atoms with E-state index in [1.54, 1.807) is 11.3 Å². The number of aromatic nitrogens is 1. The van der Waals surface area contributed by atoms with Crippen LogP contribution in [0, 0.1) is 0 Å². The standard InChI is InChI=1S/C13H15NS2/c1-10(2)6-5-9-15-13-14-11-7-3-4-8-12(11)16-13/h3-4,7-8H,1,5-6,9H2,2H3. The third kappa shape index (κ3) is 3.09. The first-order chi connectivity index (χ1) is 7.75. The van der Waals surface area contributed by atoms with Crippen LogP contribution in [-0.4, -0.2) is 10.7 Å². The highest BCUT2D eigenvalue weighted by Gasteiger charge is 2.02. The Morgan fingerprint density at radius 2 is 2.25 bits per heavy atom. The highest BCUT2D eigenvalue weighted by atomic mass is 32.2. The van der Waals surface area contributed by atoms with Gasteiger partial charge in [0.25, 0.3) is 0 Å². The summed E-state index contributed by atoms with van der Waals surface area (Å²) in [5.74, 6) is 1.13. The predicted molar refractivity (Wildman–Crippen MR) is 74.4 cm³/mol. The third-order valence-electron chi connectivity index (χ3n) is 2.25. The van der Waals surface area contributed by atoms with Crippen LogP contribution in [0.5, 0.6) is 0 Å². The minimum atomic E-state index is 1.12.